The van der Waals surface area contributed by atoms with Gasteiger partial charge in [0.15, 0.2) is 5.82 Å². The molecule has 130 valence electrons. The maximum Gasteiger partial charge on any atom is 0.271 e. The van der Waals surface area contributed by atoms with Crippen LogP contribution in [0.4, 0.5) is 5.69 Å². The van der Waals surface area contributed by atoms with E-state index in [4.69, 9.17) is 11.6 Å². The molecule has 0 radical (unpaired) electrons. The normalized spacial score (nSPS) is 11.0. The number of benzene rings is 1. The van der Waals surface area contributed by atoms with E-state index in [-0.39, 0.29) is 10.7 Å². The smallest absolute Gasteiger partial charge is 0.258 e. The van der Waals surface area contributed by atoms with Gasteiger partial charge in [0.2, 0.25) is 0 Å². The van der Waals surface area contributed by atoms with Gasteiger partial charge in [0.1, 0.15) is 0 Å². The van der Waals surface area contributed by atoms with Crippen LogP contribution in [0.25, 0.3) is 11.5 Å². The summed E-state index contributed by atoms with van der Waals surface area (Å²) in [6, 6.07) is 6.16. The fourth-order valence-corrected chi connectivity index (χ4v) is 2.73. The molecule has 0 saturated heterocycles. The van der Waals surface area contributed by atoms with Crippen molar-refractivity contribution in [1.82, 2.24) is 24.8 Å². The first-order valence-corrected chi connectivity index (χ1v) is 8.30. The van der Waals surface area contributed by atoms with Crippen molar-refractivity contribution >= 4 is 17.3 Å². The van der Waals surface area contributed by atoms with E-state index in [0.29, 0.717) is 11.5 Å². The molecule has 0 N–H and O–H groups in total. The Morgan fingerprint density at radius 2 is 2.12 bits per heavy atom. The number of aromatic nitrogens is 5. The molecule has 3 rings (SSSR count). The number of nitro benzene ring substituents is 1. The zero-order chi connectivity index (χ0) is 18.0. The van der Waals surface area contributed by atoms with Crippen molar-refractivity contribution in [2.45, 2.75) is 33.1 Å². The molecule has 0 unspecified atom stereocenters. The van der Waals surface area contributed by atoms with Crippen LogP contribution in [-0.4, -0.2) is 29.7 Å². The lowest BCUT2D eigenvalue weighted by Gasteiger charge is -2.06. The molecule has 0 amide bonds. The third kappa shape index (κ3) is 3.53. The Labute approximate surface area is 149 Å². The molecule has 0 fully saturated rings. The molecule has 0 atom stereocenters. The van der Waals surface area contributed by atoms with Gasteiger partial charge in [0, 0.05) is 23.9 Å². The number of hydrogen-bond donors (Lipinski definition) is 0. The zero-order valence-corrected chi connectivity index (χ0v) is 14.6. The number of nitrogens with zero attached hydrogens (tertiary/aromatic N) is 6. The average Bonchev–Trinajstić information content (AvgIpc) is 3.19. The third-order valence-electron chi connectivity index (χ3n) is 3.81. The minimum Gasteiger partial charge on any atom is -0.258 e. The molecule has 0 spiro atoms. The summed E-state index contributed by atoms with van der Waals surface area (Å²) in [7, 11) is 0. The Balaban J connectivity index is 1.93. The van der Waals surface area contributed by atoms with E-state index in [1.165, 1.54) is 12.1 Å². The van der Waals surface area contributed by atoms with Crippen molar-refractivity contribution in [1.29, 1.82) is 0 Å². The summed E-state index contributed by atoms with van der Waals surface area (Å²) in [5.41, 5.74) is 2.26. The van der Waals surface area contributed by atoms with Crippen LogP contribution in [0.15, 0.2) is 30.5 Å². The number of halogens is 1. The molecule has 0 bridgehead atoms. The van der Waals surface area contributed by atoms with Gasteiger partial charge in [-0.1, -0.05) is 30.2 Å². The molecule has 0 aliphatic rings. The second-order valence-electron chi connectivity index (χ2n) is 5.71. The van der Waals surface area contributed by atoms with E-state index in [1.54, 1.807) is 15.4 Å². The first-order chi connectivity index (χ1) is 12.0. The quantitative estimate of drug-likeness (QED) is 0.494. The van der Waals surface area contributed by atoms with Gasteiger partial charge < -0.3 is 0 Å². The highest BCUT2D eigenvalue weighted by atomic mass is 35.5. The van der Waals surface area contributed by atoms with Crippen LogP contribution >= 0.6 is 11.6 Å². The summed E-state index contributed by atoms with van der Waals surface area (Å²) < 4.78 is 3.25. The molecule has 0 aliphatic heterocycles. The first kappa shape index (κ1) is 17.1. The van der Waals surface area contributed by atoms with E-state index in [2.05, 4.69) is 22.3 Å². The topological polar surface area (TPSA) is 91.7 Å². The SMILES string of the molecule is CCCCc1cn(-c2cc(C)n(-c3ccc([N+](=O)[O-])cc3Cl)n2)nn1. The predicted octanol–water partition coefficient (Wildman–Crippen LogP) is 3.67. The molecular weight excluding hydrogens is 344 g/mol. The van der Waals surface area contributed by atoms with Crippen LogP contribution < -0.4 is 0 Å². The molecule has 0 saturated carbocycles. The molecule has 2 heterocycles. The molecule has 0 aliphatic carbocycles. The number of rotatable bonds is 6. The van der Waals surface area contributed by atoms with Gasteiger partial charge in [0.25, 0.3) is 5.69 Å². The van der Waals surface area contributed by atoms with E-state index < -0.39 is 4.92 Å². The fraction of sp³-hybridized carbons (Fsp3) is 0.312. The minimum atomic E-state index is -0.482. The standard InChI is InChI=1S/C16H17ClN6O2/c1-3-4-5-12-10-21(20-18-12)16-8-11(2)22(19-16)15-7-6-13(23(24)25)9-14(15)17/h6-10H,3-5H2,1-2H3. The molecule has 2 aromatic heterocycles. The number of nitro groups is 1. The van der Waals surface area contributed by atoms with E-state index >= 15 is 0 Å². The second-order valence-corrected chi connectivity index (χ2v) is 6.11. The lowest BCUT2D eigenvalue weighted by atomic mass is 10.2. The van der Waals surface area contributed by atoms with E-state index in [1.807, 2.05) is 19.2 Å². The largest absolute Gasteiger partial charge is 0.271 e. The summed E-state index contributed by atoms with van der Waals surface area (Å²) in [6.45, 7) is 4.01. The van der Waals surface area contributed by atoms with Crippen molar-refractivity contribution in [3.05, 3.63) is 57.0 Å². The van der Waals surface area contributed by atoms with Crippen molar-refractivity contribution in [2.24, 2.45) is 0 Å². The van der Waals surface area contributed by atoms with Gasteiger partial charge in [-0.05, 0) is 25.8 Å². The van der Waals surface area contributed by atoms with Crippen molar-refractivity contribution in [3.63, 3.8) is 0 Å². The zero-order valence-electron chi connectivity index (χ0n) is 13.9. The highest BCUT2D eigenvalue weighted by Gasteiger charge is 2.15. The maximum absolute atomic E-state index is 10.8. The van der Waals surface area contributed by atoms with Crippen LogP contribution in [0.3, 0.4) is 0 Å². The highest BCUT2D eigenvalue weighted by molar-refractivity contribution is 6.32. The van der Waals surface area contributed by atoms with Gasteiger partial charge in [-0.25, -0.2) is 9.36 Å². The van der Waals surface area contributed by atoms with Gasteiger partial charge in [-0.2, -0.15) is 0 Å². The average molecular weight is 361 g/mol. The maximum atomic E-state index is 10.8. The first-order valence-electron chi connectivity index (χ1n) is 7.92. The van der Waals surface area contributed by atoms with Gasteiger partial charge in [-0.3, -0.25) is 10.1 Å². The highest BCUT2D eigenvalue weighted by Crippen LogP contribution is 2.26. The van der Waals surface area contributed by atoms with Gasteiger partial charge in [0.05, 0.1) is 27.5 Å². The molecule has 9 heteroatoms. The minimum absolute atomic E-state index is 0.0596. The van der Waals surface area contributed by atoms with E-state index in [9.17, 15) is 10.1 Å². The summed E-state index contributed by atoms with van der Waals surface area (Å²) in [5, 5.41) is 23.9. The molecule has 25 heavy (non-hydrogen) atoms. The molecule has 3 aromatic rings. The number of non-ortho nitro benzene ring substituents is 1. The molecular formula is C16H17ClN6O2. The van der Waals surface area contributed by atoms with Crippen molar-refractivity contribution in [3.8, 4) is 11.5 Å². The number of aryl methyl sites for hydroxylation is 2. The molecule has 1 aromatic carbocycles. The fourth-order valence-electron chi connectivity index (χ4n) is 2.48. The van der Waals surface area contributed by atoms with Crippen LogP contribution in [0.5, 0.6) is 0 Å². The predicted molar refractivity (Wildman–Crippen MR) is 93.5 cm³/mol. The summed E-state index contributed by atoms with van der Waals surface area (Å²) >= 11 is 6.20. The molecule has 8 nitrogen and oxygen atoms in total. The number of unbranched alkanes of at least 4 members (excludes halogenated alkanes) is 1. The lowest BCUT2D eigenvalue weighted by molar-refractivity contribution is -0.384. The monoisotopic (exact) mass is 360 g/mol. The number of hydrogen-bond acceptors (Lipinski definition) is 5. The summed E-state index contributed by atoms with van der Waals surface area (Å²) in [4.78, 5) is 10.4. The Bertz CT molecular complexity index is 917. The Morgan fingerprint density at radius 3 is 2.80 bits per heavy atom. The van der Waals surface area contributed by atoms with Crippen LogP contribution in [-0.2, 0) is 6.42 Å². The van der Waals surface area contributed by atoms with Crippen LogP contribution in [0, 0.1) is 17.0 Å². The second kappa shape index (κ2) is 7.02. The Morgan fingerprint density at radius 1 is 1.32 bits per heavy atom. The van der Waals surface area contributed by atoms with Crippen LogP contribution in [0.1, 0.15) is 31.2 Å². The van der Waals surface area contributed by atoms with Gasteiger partial charge in [-0.15, -0.1) is 10.2 Å². The lowest BCUT2D eigenvalue weighted by Crippen LogP contribution is -2.02. The summed E-state index contributed by atoms with van der Waals surface area (Å²) in [5.74, 6) is 0.613. The van der Waals surface area contributed by atoms with Gasteiger partial charge >= 0.3 is 0 Å². The Kier molecular flexibility index (Phi) is 4.80. The third-order valence-corrected chi connectivity index (χ3v) is 4.11. The summed E-state index contributed by atoms with van der Waals surface area (Å²) in [6.07, 6.45) is 4.90. The van der Waals surface area contributed by atoms with E-state index in [0.717, 1.165) is 30.7 Å². The Hall–Kier alpha value is -2.74. The van der Waals surface area contributed by atoms with Crippen molar-refractivity contribution < 1.29 is 4.92 Å². The van der Waals surface area contributed by atoms with Crippen molar-refractivity contribution in [2.75, 3.05) is 0 Å². The van der Waals surface area contributed by atoms with Crippen LogP contribution in [0.2, 0.25) is 5.02 Å².